The molecular weight excluding hydrogens is 597 g/mol. The molecule has 0 aliphatic carbocycles. The van der Waals surface area contributed by atoms with Crippen molar-refractivity contribution in [3.63, 3.8) is 0 Å². The number of aryl methyl sites for hydroxylation is 1. The van der Waals surface area contributed by atoms with E-state index >= 15 is 0 Å². The normalized spacial score (nSPS) is 11.8. The number of benzene rings is 7. The number of hydrogen-bond acceptors (Lipinski definition) is 2. The number of nitrogens with zero attached hydrogens (tertiary/aromatic N) is 4. The lowest BCUT2D eigenvalue weighted by atomic mass is 10.0. The zero-order valence-electron chi connectivity index (χ0n) is 26.9. The lowest BCUT2D eigenvalue weighted by Gasteiger charge is -2.11. The average Bonchev–Trinajstić information content (AvgIpc) is 3.66. The van der Waals surface area contributed by atoms with Crippen molar-refractivity contribution in [1.29, 1.82) is 0 Å². The van der Waals surface area contributed by atoms with E-state index in [1.807, 2.05) is 6.07 Å². The Bertz CT molecular complexity index is 2860. The van der Waals surface area contributed by atoms with Crippen molar-refractivity contribution in [3.05, 3.63) is 169 Å². The predicted octanol–water partition coefficient (Wildman–Crippen LogP) is 11.5. The van der Waals surface area contributed by atoms with Crippen LogP contribution in [-0.2, 0) is 0 Å². The zero-order chi connectivity index (χ0) is 32.5. The monoisotopic (exact) mass is 626 g/mol. The second-order valence-electron chi connectivity index (χ2n) is 12.8. The van der Waals surface area contributed by atoms with Crippen LogP contribution >= 0.6 is 0 Å². The lowest BCUT2D eigenvalue weighted by molar-refractivity contribution is 1.17. The number of fused-ring (bicyclic) bond motifs is 7. The molecule has 4 heteroatoms. The van der Waals surface area contributed by atoms with Gasteiger partial charge in [0.1, 0.15) is 0 Å². The fourth-order valence-corrected chi connectivity index (χ4v) is 7.46. The number of aromatic nitrogens is 4. The van der Waals surface area contributed by atoms with Crippen molar-refractivity contribution in [3.8, 4) is 34.0 Å². The minimum Gasteiger partial charge on any atom is -0.309 e. The Morgan fingerprint density at radius 2 is 0.898 bits per heavy atom. The summed E-state index contributed by atoms with van der Waals surface area (Å²) >= 11 is 0. The minimum absolute atomic E-state index is 0.721. The van der Waals surface area contributed by atoms with Gasteiger partial charge in [0.2, 0.25) is 0 Å². The third-order valence-electron chi connectivity index (χ3n) is 9.79. The summed E-state index contributed by atoms with van der Waals surface area (Å²) in [5.41, 5.74) is 12.2. The minimum atomic E-state index is 0.721. The number of hydrogen-bond donors (Lipinski definition) is 0. The van der Waals surface area contributed by atoms with Crippen LogP contribution in [0.25, 0.3) is 88.5 Å². The third-order valence-corrected chi connectivity index (χ3v) is 9.79. The van der Waals surface area contributed by atoms with Crippen molar-refractivity contribution >= 4 is 54.5 Å². The highest BCUT2D eigenvalue weighted by atomic mass is 15.0. The average molecular weight is 627 g/mol. The second-order valence-corrected chi connectivity index (χ2v) is 12.8. The fourth-order valence-electron chi connectivity index (χ4n) is 7.46. The van der Waals surface area contributed by atoms with Gasteiger partial charge in [0.05, 0.1) is 33.3 Å². The maximum Gasteiger partial charge on any atom is 0.160 e. The molecule has 0 spiro atoms. The lowest BCUT2D eigenvalue weighted by Crippen LogP contribution is -1.97. The van der Waals surface area contributed by atoms with Gasteiger partial charge in [0, 0.05) is 49.4 Å². The summed E-state index contributed by atoms with van der Waals surface area (Å²) in [6, 6.07) is 58.4. The van der Waals surface area contributed by atoms with Crippen molar-refractivity contribution in [2.75, 3.05) is 0 Å². The van der Waals surface area contributed by atoms with Gasteiger partial charge in [-0.1, -0.05) is 103 Å². The zero-order valence-corrected chi connectivity index (χ0v) is 26.9. The molecule has 49 heavy (non-hydrogen) atoms. The molecule has 7 aromatic carbocycles. The third kappa shape index (κ3) is 4.31. The Morgan fingerprint density at radius 1 is 0.388 bits per heavy atom. The molecule has 0 aliphatic heterocycles. The van der Waals surface area contributed by atoms with Crippen molar-refractivity contribution in [2.45, 2.75) is 6.92 Å². The molecule has 230 valence electrons. The van der Waals surface area contributed by atoms with Gasteiger partial charge in [-0.25, -0.2) is 9.97 Å². The maximum absolute atomic E-state index is 5.13. The number of para-hydroxylation sites is 4. The standard InChI is InChI=1S/C45H30N4/c1-29-19-21-30(22-20-29)44-36-15-5-8-16-39(36)46-45(47-44)31-23-25-33(26-24-31)49-41-18-10-7-14-35(41)38-27-42-37(28-43(38)49)34-13-6-9-17-40(34)48(42)32-11-3-2-4-12-32/h2-28H,1H3. The predicted molar refractivity (Wildman–Crippen MR) is 204 cm³/mol. The van der Waals surface area contributed by atoms with Gasteiger partial charge in [-0.2, -0.15) is 0 Å². The van der Waals surface area contributed by atoms with Crippen LogP contribution in [0.5, 0.6) is 0 Å². The fraction of sp³-hybridized carbons (Fsp3) is 0.0222. The molecule has 3 heterocycles. The highest BCUT2D eigenvalue weighted by Gasteiger charge is 2.19. The van der Waals surface area contributed by atoms with Crippen molar-refractivity contribution in [2.24, 2.45) is 0 Å². The van der Waals surface area contributed by atoms with Gasteiger partial charge < -0.3 is 9.13 Å². The quantitative estimate of drug-likeness (QED) is 0.195. The molecule has 10 aromatic rings. The van der Waals surface area contributed by atoms with E-state index < -0.39 is 0 Å². The molecule has 4 nitrogen and oxygen atoms in total. The van der Waals surface area contributed by atoms with Gasteiger partial charge in [-0.3, -0.25) is 0 Å². The first kappa shape index (κ1) is 27.6. The molecule has 0 atom stereocenters. The van der Waals surface area contributed by atoms with Crippen LogP contribution in [-0.4, -0.2) is 19.1 Å². The first-order valence-electron chi connectivity index (χ1n) is 16.7. The second kappa shape index (κ2) is 10.8. The Balaban J connectivity index is 1.17. The van der Waals surface area contributed by atoms with Crippen LogP contribution in [0, 0.1) is 6.92 Å². The van der Waals surface area contributed by atoms with Gasteiger partial charge in [-0.05, 0) is 73.7 Å². The van der Waals surface area contributed by atoms with Gasteiger partial charge in [0.25, 0.3) is 0 Å². The van der Waals surface area contributed by atoms with E-state index in [9.17, 15) is 0 Å². The maximum atomic E-state index is 5.13. The van der Waals surface area contributed by atoms with E-state index in [0.29, 0.717) is 0 Å². The summed E-state index contributed by atoms with van der Waals surface area (Å²) in [6.07, 6.45) is 0. The molecule has 0 aliphatic rings. The first-order chi connectivity index (χ1) is 24.2. The van der Waals surface area contributed by atoms with Crippen molar-refractivity contribution < 1.29 is 0 Å². The van der Waals surface area contributed by atoms with Gasteiger partial charge >= 0.3 is 0 Å². The van der Waals surface area contributed by atoms with Crippen LogP contribution < -0.4 is 0 Å². The molecule has 10 rings (SSSR count). The van der Waals surface area contributed by atoms with Crippen LogP contribution in [0.3, 0.4) is 0 Å². The SMILES string of the molecule is Cc1ccc(-c2nc(-c3ccc(-n4c5ccccc5c5cc6c(cc54)c4ccccc4n6-c4ccccc4)cc3)nc3ccccc23)cc1. The molecule has 3 aromatic heterocycles. The Morgan fingerprint density at radius 3 is 1.53 bits per heavy atom. The van der Waals surface area contributed by atoms with Crippen molar-refractivity contribution in [1.82, 2.24) is 19.1 Å². The molecule has 0 N–H and O–H groups in total. The number of rotatable bonds is 4. The molecular formula is C45H30N4. The van der Waals surface area contributed by atoms with E-state index in [4.69, 9.17) is 9.97 Å². The summed E-state index contributed by atoms with van der Waals surface area (Å²) in [4.78, 5) is 10.1. The van der Waals surface area contributed by atoms with Crippen LogP contribution in [0.1, 0.15) is 5.56 Å². The van der Waals surface area contributed by atoms with Crippen LogP contribution in [0.2, 0.25) is 0 Å². The topological polar surface area (TPSA) is 35.6 Å². The first-order valence-corrected chi connectivity index (χ1v) is 16.7. The molecule has 0 unspecified atom stereocenters. The molecule has 0 amide bonds. The smallest absolute Gasteiger partial charge is 0.160 e. The Kier molecular flexibility index (Phi) is 6.06. The summed E-state index contributed by atoms with van der Waals surface area (Å²) in [5.74, 6) is 0.721. The van der Waals surface area contributed by atoms with Crippen LogP contribution in [0.4, 0.5) is 0 Å². The van der Waals surface area contributed by atoms with E-state index in [0.717, 1.165) is 44.9 Å². The van der Waals surface area contributed by atoms with Crippen LogP contribution in [0.15, 0.2) is 164 Å². The largest absolute Gasteiger partial charge is 0.309 e. The van der Waals surface area contributed by atoms with E-state index in [1.54, 1.807) is 0 Å². The summed E-state index contributed by atoms with van der Waals surface area (Å²) in [7, 11) is 0. The summed E-state index contributed by atoms with van der Waals surface area (Å²) in [5, 5.41) is 5.99. The summed E-state index contributed by atoms with van der Waals surface area (Å²) < 4.78 is 4.78. The van der Waals surface area contributed by atoms with Gasteiger partial charge in [-0.15, -0.1) is 0 Å². The van der Waals surface area contributed by atoms with E-state index in [1.165, 1.54) is 49.2 Å². The molecule has 0 bridgehead atoms. The summed E-state index contributed by atoms with van der Waals surface area (Å²) in [6.45, 7) is 2.11. The highest BCUT2D eigenvalue weighted by molar-refractivity contribution is 6.19. The molecule has 0 saturated carbocycles. The molecule has 0 fully saturated rings. The highest BCUT2D eigenvalue weighted by Crippen LogP contribution is 2.40. The van der Waals surface area contributed by atoms with E-state index in [-0.39, 0.29) is 0 Å². The Hall–Kier alpha value is -6.52. The molecule has 0 saturated heterocycles. The van der Waals surface area contributed by atoms with E-state index in [2.05, 4.69) is 174 Å². The molecule has 0 radical (unpaired) electrons. The Labute approximate surface area is 283 Å². The van der Waals surface area contributed by atoms with Gasteiger partial charge in [0.15, 0.2) is 5.82 Å².